The van der Waals surface area contributed by atoms with Crippen LogP contribution in [0.4, 0.5) is 0 Å². The molecule has 2 aromatic carbocycles. The third kappa shape index (κ3) is 3.01. The first kappa shape index (κ1) is 16.5. The number of carbonyl (C=O) groups excluding carboxylic acids is 1. The van der Waals surface area contributed by atoms with Crippen molar-refractivity contribution in [3.63, 3.8) is 0 Å². The number of nitrogens with zero attached hydrogens (tertiary/aromatic N) is 4. The summed E-state index contributed by atoms with van der Waals surface area (Å²) < 4.78 is 1.76. The van der Waals surface area contributed by atoms with Crippen LogP contribution in [0, 0.1) is 0 Å². The Labute approximate surface area is 153 Å². The number of carbonyl (C=O) groups is 1. The third-order valence-corrected chi connectivity index (χ3v) is 4.98. The Morgan fingerprint density at radius 2 is 1.69 bits per heavy atom. The summed E-state index contributed by atoms with van der Waals surface area (Å²) in [5.74, 6) is -0.0294. The normalized spacial score (nSPS) is 17.3. The molecule has 1 aliphatic heterocycles. The van der Waals surface area contributed by atoms with Gasteiger partial charge < -0.3 is 4.90 Å². The second kappa shape index (κ2) is 7.12. The van der Waals surface area contributed by atoms with Gasteiger partial charge in [0.05, 0.1) is 5.69 Å². The van der Waals surface area contributed by atoms with Gasteiger partial charge in [-0.15, -0.1) is 5.10 Å². The van der Waals surface area contributed by atoms with Crippen LogP contribution >= 0.6 is 0 Å². The van der Waals surface area contributed by atoms with Gasteiger partial charge in [0.15, 0.2) is 5.69 Å². The van der Waals surface area contributed by atoms with E-state index in [0.717, 1.165) is 36.3 Å². The largest absolute Gasteiger partial charge is 0.334 e. The summed E-state index contributed by atoms with van der Waals surface area (Å²) >= 11 is 0. The molecule has 0 N–H and O–H groups in total. The van der Waals surface area contributed by atoms with Crippen LogP contribution in [0.3, 0.4) is 0 Å². The lowest BCUT2D eigenvalue weighted by Gasteiger charge is -2.33. The van der Waals surface area contributed by atoms with E-state index < -0.39 is 0 Å². The Morgan fingerprint density at radius 1 is 1.00 bits per heavy atom. The van der Waals surface area contributed by atoms with E-state index in [9.17, 15) is 4.79 Å². The molecule has 0 aliphatic carbocycles. The molecule has 1 saturated heterocycles. The average molecular weight is 346 g/mol. The number of hydrogen-bond acceptors (Lipinski definition) is 3. The first-order valence-electron chi connectivity index (χ1n) is 9.13. The highest BCUT2D eigenvalue weighted by Crippen LogP contribution is 2.28. The molecule has 0 radical (unpaired) electrons. The van der Waals surface area contributed by atoms with Gasteiger partial charge in [-0.2, -0.15) is 0 Å². The van der Waals surface area contributed by atoms with Gasteiger partial charge in [0.1, 0.15) is 5.69 Å². The van der Waals surface area contributed by atoms with Gasteiger partial charge in [-0.3, -0.25) is 4.79 Å². The number of aromatic nitrogens is 3. The van der Waals surface area contributed by atoms with Gasteiger partial charge in [-0.1, -0.05) is 53.7 Å². The smallest absolute Gasteiger partial charge is 0.276 e. The molecule has 0 bridgehead atoms. The van der Waals surface area contributed by atoms with Crippen molar-refractivity contribution in [1.82, 2.24) is 19.9 Å². The van der Waals surface area contributed by atoms with Gasteiger partial charge in [0, 0.05) is 18.2 Å². The molecular weight excluding hydrogens is 324 g/mol. The number of piperidine rings is 1. The molecule has 1 aliphatic rings. The highest BCUT2D eigenvalue weighted by Gasteiger charge is 2.30. The van der Waals surface area contributed by atoms with Crippen LogP contribution in [0.15, 0.2) is 60.7 Å². The third-order valence-electron chi connectivity index (χ3n) is 4.98. The standard InChI is InChI=1S/C21H22N4O/c1-16-10-8-9-15-24(16)21(26)19-20(17-11-4-2-5-12-17)25(23-22-19)18-13-6-3-7-14-18/h2-7,11-14,16H,8-10,15H2,1H3. The predicted octanol–water partition coefficient (Wildman–Crippen LogP) is 3.95. The van der Waals surface area contributed by atoms with Crippen molar-refractivity contribution < 1.29 is 4.79 Å². The summed E-state index contributed by atoms with van der Waals surface area (Å²) in [6.45, 7) is 2.90. The van der Waals surface area contributed by atoms with Crippen molar-refractivity contribution in [2.75, 3.05) is 6.54 Å². The summed E-state index contributed by atoms with van der Waals surface area (Å²) in [5, 5.41) is 8.62. The summed E-state index contributed by atoms with van der Waals surface area (Å²) in [6.07, 6.45) is 3.26. The second-order valence-corrected chi connectivity index (χ2v) is 6.74. The molecule has 5 nitrogen and oxygen atoms in total. The number of para-hydroxylation sites is 1. The van der Waals surface area contributed by atoms with E-state index in [1.807, 2.05) is 65.6 Å². The van der Waals surface area contributed by atoms with E-state index in [4.69, 9.17) is 0 Å². The molecule has 1 atom stereocenters. The van der Waals surface area contributed by atoms with Crippen LogP contribution in [0.2, 0.25) is 0 Å². The maximum absolute atomic E-state index is 13.3. The number of amides is 1. The minimum absolute atomic E-state index is 0.0294. The van der Waals surface area contributed by atoms with Crippen LogP contribution in [-0.2, 0) is 0 Å². The SMILES string of the molecule is CC1CCCCN1C(=O)c1nnn(-c2ccccc2)c1-c1ccccc1. The van der Waals surface area contributed by atoms with Crippen LogP contribution in [-0.4, -0.2) is 38.4 Å². The topological polar surface area (TPSA) is 51.0 Å². The predicted molar refractivity (Wildman–Crippen MR) is 101 cm³/mol. The molecule has 4 rings (SSSR count). The van der Waals surface area contributed by atoms with Crippen molar-refractivity contribution in [1.29, 1.82) is 0 Å². The highest BCUT2D eigenvalue weighted by molar-refractivity contribution is 5.98. The van der Waals surface area contributed by atoms with Gasteiger partial charge in [0.25, 0.3) is 5.91 Å². The molecule has 1 aromatic heterocycles. The second-order valence-electron chi connectivity index (χ2n) is 6.74. The maximum Gasteiger partial charge on any atom is 0.276 e. The van der Waals surface area contributed by atoms with Crippen molar-refractivity contribution in [2.24, 2.45) is 0 Å². The van der Waals surface area contributed by atoms with Crippen molar-refractivity contribution in [3.8, 4) is 16.9 Å². The lowest BCUT2D eigenvalue weighted by atomic mass is 10.0. The van der Waals surface area contributed by atoms with Gasteiger partial charge in [-0.25, -0.2) is 4.68 Å². The molecule has 2 heterocycles. The molecule has 132 valence electrons. The number of hydrogen-bond donors (Lipinski definition) is 0. The summed E-state index contributed by atoms with van der Waals surface area (Å²) in [6, 6.07) is 20.0. The Bertz CT molecular complexity index is 889. The average Bonchev–Trinajstić information content (AvgIpc) is 3.14. The summed E-state index contributed by atoms with van der Waals surface area (Å²) in [4.78, 5) is 15.2. The maximum atomic E-state index is 13.3. The van der Waals surface area contributed by atoms with E-state index >= 15 is 0 Å². The number of likely N-dealkylation sites (tertiary alicyclic amines) is 1. The van der Waals surface area contributed by atoms with Gasteiger partial charge >= 0.3 is 0 Å². The molecule has 1 amide bonds. The zero-order valence-corrected chi connectivity index (χ0v) is 14.9. The zero-order valence-electron chi connectivity index (χ0n) is 14.9. The lowest BCUT2D eigenvalue weighted by molar-refractivity contribution is 0.0630. The van der Waals surface area contributed by atoms with E-state index in [1.165, 1.54) is 6.42 Å². The fourth-order valence-corrected chi connectivity index (χ4v) is 3.57. The van der Waals surface area contributed by atoms with Gasteiger partial charge in [0.2, 0.25) is 0 Å². The fraction of sp³-hybridized carbons (Fsp3) is 0.286. The van der Waals surface area contributed by atoms with Crippen molar-refractivity contribution in [3.05, 3.63) is 66.4 Å². The molecule has 0 saturated carbocycles. The number of rotatable bonds is 3. The Balaban J connectivity index is 1.83. The Hall–Kier alpha value is -2.95. The fourth-order valence-electron chi connectivity index (χ4n) is 3.57. The van der Waals surface area contributed by atoms with Crippen LogP contribution in [0.25, 0.3) is 16.9 Å². The first-order valence-corrected chi connectivity index (χ1v) is 9.13. The van der Waals surface area contributed by atoms with Crippen molar-refractivity contribution in [2.45, 2.75) is 32.2 Å². The highest BCUT2D eigenvalue weighted by atomic mass is 16.2. The molecule has 0 spiro atoms. The van der Waals surface area contributed by atoms with Crippen LogP contribution in [0.5, 0.6) is 0 Å². The van der Waals surface area contributed by atoms with E-state index in [1.54, 1.807) is 4.68 Å². The summed E-state index contributed by atoms with van der Waals surface area (Å²) in [5.41, 5.74) is 3.01. The Kier molecular flexibility index (Phi) is 4.52. The quantitative estimate of drug-likeness (QED) is 0.721. The number of benzene rings is 2. The molecule has 26 heavy (non-hydrogen) atoms. The Morgan fingerprint density at radius 3 is 2.38 bits per heavy atom. The molecular formula is C21H22N4O. The minimum atomic E-state index is -0.0294. The monoisotopic (exact) mass is 346 g/mol. The van der Waals surface area contributed by atoms with Crippen molar-refractivity contribution >= 4 is 5.91 Å². The van der Waals surface area contributed by atoms with Crippen LogP contribution in [0.1, 0.15) is 36.7 Å². The minimum Gasteiger partial charge on any atom is -0.334 e. The lowest BCUT2D eigenvalue weighted by Crippen LogP contribution is -2.42. The van der Waals surface area contributed by atoms with E-state index in [0.29, 0.717) is 5.69 Å². The first-order chi connectivity index (χ1) is 12.8. The van der Waals surface area contributed by atoms with Gasteiger partial charge in [-0.05, 0) is 38.3 Å². The molecule has 1 fully saturated rings. The molecule has 3 aromatic rings. The summed E-state index contributed by atoms with van der Waals surface area (Å²) in [7, 11) is 0. The molecule has 1 unspecified atom stereocenters. The van der Waals surface area contributed by atoms with E-state index in [-0.39, 0.29) is 11.9 Å². The molecule has 5 heteroatoms. The van der Waals surface area contributed by atoms with Crippen LogP contribution < -0.4 is 0 Å². The zero-order chi connectivity index (χ0) is 17.9. The van der Waals surface area contributed by atoms with E-state index in [2.05, 4.69) is 17.2 Å².